The van der Waals surface area contributed by atoms with Crippen molar-refractivity contribution in [3.05, 3.63) is 29.8 Å². The molecule has 0 saturated heterocycles. The minimum absolute atomic E-state index is 0.126. The lowest BCUT2D eigenvalue weighted by Crippen LogP contribution is -2.09. The molecule has 0 heterocycles. The second-order valence-corrected chi connectivity index (χ2v) is 3.92. The van der Waals surface area contributed by atoms with E-state index in [9.17, 15) is 0 Å². The zero-order valence-corrected chi connectivity index (χ0v) is 8.60. The van der Waals surface area contributed by atoms with Crippen LogP contribution in [-0.4, -0.2) is 24.5 Å². The van der Waals surface area contributed by atoms with Gasteiger partial charge in [0.1, 0.15) is 0 Å². The molecule has 1 aromatic carbocycles. The molecule has 0 radical (unpaired) electrons. The molecule has 72 valence electrons. The van der Waals surface area contributed by atoms with E-state index in [2.05, 4.69) is 5.32 Å². The highest BCUT2D eigenvalue weighted by atomic mass is 32.2. The van der Waals surface area contributed by atoms with Crippen molar-refractivity contribution in [2.45, 2.75) is 11.5 Å². The molecule has 2 N–H and O–H groups in total. The number of benzene rings is 1. The number of thioether (sulfide) groups is 1. The van der Waals surface area contributed by atoms with E-state index in [-0.39, 0.29) is 6.61 Å². The molecule has 0 atom stereocenters. The van der Waals surface area contributed by atoms with Crippen molar-refractivity contribution in [3.8, 4) is 0 Å². The minimum atomic E-state index is 0.126. The number of nitrogens with one attached hydrogen (secondary N) is 1. The van der Waals surface area contributed by atoms with Gasteiger partial charge >= 0.3 is 0 Å². The maximum Gasteiger partial charge on any atom is 0.0681 e. The van der Waals surface area contributed by atoms with Crippen LogP contribution in [0.3, 0.4) is 0 Å². The maximum atomic E-state index is 8.83. The van der Waals surface area contributed by atoms with Gasteiger partial charge in [-0.3, -0.25) is 0 Å². The SMILES string of the molecule is CNCCSc1ccc(CO)cc1. The third kappa shape index (κ3) is 3.81. The topological polar surface area (TPSA) is 32.3 Å². The van der Waals surface area contributed by atoms with Crippen LogP contribution >= 0.6 is 11.8 Å². The maximum absolute atomic E-state index is 8.83. The summed E-state index contributed by atoms with van der Waals surface area (Å²) in [6, 6.07) is 8.02. The third-order valence-corrected chi connectivity index (χ3v) is 2.74. The van der Waals surface area contributed by atoms with Gasteiger partial charge in [0.2, 0.25) is 0 Å². The molecule has 0 bridgehead atoms. The first-order chi connectivity index (χ1) is 6.36. The van der Waals surface area contributed by atoms with E-state index >= 15 is 0 Å². The van der Waals surface area contributed by atoms with Crippen LogP contribution in [0.15, 0.2) is 29.2 Å². The largest absolute Gasteiger partial charge is 0.392 e. The molecular formula is C10H15NOS. The van der Waals surface area contributed by atoms with Gasteiger partial charge in [-0.1, -0.05) is 12.1 Å². The lowest BCUT2D eigenvalue weighted by Gasteiger charge is -2.01. The fraction of sp³-hybridized carbons (Fsp3) is 0.400. The first kappa shape index (κ1) is 10.6. The van der Waals surface area contributed by atoms with Crippen LogP contribution in [0.2, 0.25) is 0 Å². The van der Waals surface area contributed by atoms with Gasteiger partial charge in [0.25, 0.3) is 0 Å². The molecule has 0 fully saturated rings. The minimum Gasteiger partial charge on any atom is -0.392 e. The van der Waals surface area contributed by atoms with Crippen LogP contribution in [0.25, 0.3) is 0 Å². The monoisotopic (exact) mass is 197 g/mol. The van der Waals surface area contributed by atoms with E-state index < -0.39 is 0 Å². The van der Waals surface area contributed by atoms with Gasteiger partial charge in [-0.25, -0.2) is 0 Å². The fourth-order valence-corrected chi connectivity index (χ4v) is 1.83. The molecule has 0 aliphatic rings. The standard InChI is InChI=1S/C10H15NOS/c1-11-6-7-13-10-4-2-9(8-12)3-5-10/h2-5,11-12H,6-8H2,1H3. The highest BCUT2D eigenvalue weighted by Gasteiger charge is 1.93. The van der Waals surface area contributed by atoms with Crippen LogP contribution in [0, 0.1) is 0 Å². The number of hydrogen-bond acceptors (Lipinski definition) is 3. The van der Waals surface area contributed by atoms with E-state index in [4.69, 9.17) is 5.11 Å². The molecular weight excluding hydrogens is 182 g/mol. The van der Waals surface area contributed by atoms with Crippen molar-refractivity contribution in [2.24, 2.45) is 0 Å². The second-order valence-electron chi connectivity index (χ2n) is 2.75. The Morgan fingerprint density at radius 2 is 2.00 bits per heavy atom. The van der Waals surface area contributed by atoms with Crippen molar-refractivity contribution in [2.75, 3.05) is 19.3 Å². The Hall–Kier alpha value is -0.510. The zero-order valence-electron chi connectivity index (χ0n) is 7.79. The molecule has 0 unspecified atom stereocenters. The Kier molecular flexibility index (Phi) is 4.90. The van der Waals surface area contributed by atoms with Crippen molar-refractivity contribution < 1.29 is 5.11 Å². The van der Waals surface area contributed by atoms with E-state index in [1.807, 2.05) is 43.1 Å². The molecule has 0 saturated carbocycles. The van der Waals surface area contributed by atoms with Crippen LogP contribution < -0.4 is 5.32 Å². The number of hydrogen-bond donors (Lipinski definition) is 2. The summed E-state index contributed by atoms with van der Waals surface area (Å²) in [5.74, 6) is 1.08. The molecule has 0 aromatic heterocycles. The normalized spacial score (nSPS) is 10.3. The average molecular weight is 197 g/mol. The van der Waals surface area contributed by atoms with Gasteiger partial charge in [-0.05, 0) is 24.7 Å². The molecule has 0 amide bonds. The average Bonchev–Trinajstić information content (AvgIpc) is 2.19. The Morgan fingerprint density at radius 3 is 2.54 bits per heavy atom. The predicted molar refractivity (Wildman–Crippen MR) is 57.0 cm³/mol. The molecule has 0 aliphatic carbocycles. The van der Waals surface area contributed by atoms with Crippen molar-refractivity contribution >= 4 is 11.8 Å². The molecule has 2 nitrogen and oxygen atoms in total. The predicted octanol–water partition coefficient (Wildman–Crippen LogP) is 1.49. The molecule has 3 heteroatoms. The van der Waals surface area contributed by atoms with Crippen molar-refractivity contribution in [1.82, 2.24) is 5.32 Å². The molecule has 0 aliphatic heterocycles. The van der Waals surface area contributed by atoms with Crippen LogP contribution in [0.5, 0.6) is 0 Å². The van der Waals surface area contributed by atoms with Crippen LogP contribution in [0.1, 0.15) is 5.56 Å². The van der Waals surface area contributed by atoms with Crippen LogP contribution in [-0.2, 0) is 6.61 Å². The van der Waals surface area contributed by atoms with Gasteiger partial charge < -0.3 is 10.4 Å². The number of rotatable bonds is 5. The molecule has 0 spiro atoms. The summed E-state index contributed by atoms with van der Waals surface area (Å²) in [5.41, 5.74) is 0.970. The molecule has 13 heavy (non-hydrogen) atoms. The van der Waals surface area contributed by atoms with Gasteiger partial charge in [-0.15, -0.1) is 11.8 Å². The highest BCUT2D eigenvalue weighted by Crippen LogP contribution is 2.17. The highest BCUT2D eigenvalue weighted by molar-refractivity contribution is 7.99. The second kappa shape index (κ2) is 6.02. The Labute approximate surface area is 83.4 Å². The summed E-state index contributed by atoms with van der Waals surface area (Å²) in [7, 11) is 1.95. The summed E-state index contributed by atoms with van der Waals surface area (Å²) in [6.45, 7) is 1.15. The van der Waals surface area contributed by atoms with Gasteiger partial charge in [0.15, 0.2) is 0 Å². The van der Waals surface area contributed by atoms with Crippen LogP contribution in [0.4, 0.5) is 0 Å². The Morgan fingerprint density at radius 1 is 1.31 bits per heavy atom. The summed E-state index contributed by atoms with van der Waals surface area (Å²) in [4.78, 5) is 1.26. The van der Waals surface area contributed by atoms with E-state index in [1.165, 1.54) is 4.90 Å². The van der Waals surface area contributed by atoms with E-state index in [0.717, 1.165) is 17.9 Å². The summed E-state index contributed by atoms with van der Waals surface area (Å²) in [5, 5.41) is 11.9. The first-order valence-corrected chi connectivity index (χ1v) is 5.32. The van der Waals surface area contributed by atoms with Crippen molar-refractivity contribution in [1.29, 1.82) is 0 Å². The lowest BCUT2D eigenvalue weighted by atomic mass is 10.2. The summed E-state index contributed by atoms with van der Waals surface area (Å²) >= 11 is 1.82. The molecule has 1 aromatic rings. The van der Waals surface area contributed by atoms with E-state index in [0.29, 0.717) is 0 Å². The zero-order chi connectivity index (χ0) is 9.52. The van der Waals surface area contributed by atoms with Crippen molar-refractivity contribution in [3.63, 3.8) is 0 Å². The Bertz CT molecular complexity index is 235. The van der Waals surface area contributed by atoms with Gasteiger partial charge in [0, 0.05) is 17.2 Å². The Balaban J connectivity index is 2.40. The first-order valence-electron chi connectivity index (χ1n) is 4.34. The van der Waals surface area contributed by atoms with Gasteiger partial charge in [0.05, 0.1) is 6.61 Å². The smallest absolute Gasteiger partial charge is 0.0681 e. The lowest BCUT2D eigenvalue weighted by molar-refractivity contribution is 0.282. The van der Waals surface area contributed by atoms with E-state index in [1.54, 1.807) is 0 Å². The quantitative estimate of drug-likeness (QED) is 0.554. The molecule has 1 rings (SSSR count). The fourth-order valence-electron chi connectivity index (χ4n) is 0.962. The third-order valence-electron chi connectivity index (χ3n) is 1.73. The van der Waals surface area contributed by atoms with Gasteiger partial charge in [-0.2, -0.15) is 0 Å². The summed E-state index contributed by atoms with van der Waals surface area (Å²) < 4.78 is 0. The summed E-state index contributed by atoms with van der Waals surface area (Å²) in [6.07, 6.45) is 0. The number of aliphatic hydroxyl groups is 1. The number of aliphatic hydroxyl groups excluding tert-OH is 1.